The molecule has 0 saturated carbocycles. The van der Waals surface area contributed by atoms with E-state index in [1.165, 1.54) is 29.5 Å². The number of nitrogens with one attached hydrogen (secondary N) is 1. The summed E-state index contributed by atoms with van der Waals surface area (Å²) in [6.07, 6.45) is 2.78. The third-order valence-electron chi connectivity index (χ3n) is 5.00. The van der Waals surface area contributed by atoms with Crippen LogP contribution in [0, 0.1) is 13.7 Å². The molecule has 3 aromatic carbocycles. The fourth-order valence-corrected chi connectivity index (χ4v) is 4.74. The number of aryl methyl sites for hydroxylation is 1. The highest BCUT2D eigenvalue weighted by molar-refractivity contribution is 14.1. The molecule has 0 unspecified atom stereocenters. The lowest BCUT2D eigenvalue weighted by Crippen LogP contribution is -2.19. The molecule has 34 heavy (non-hydrogen) atoms. The SMILES string of the molecule is CCc1ccc(N=C2NC(=O)/C(=C/c3ccc(OCc4cccc([N+](=O)[O-])c4)c(I)c3)S2)cc1. The van der Waals surface area contributed by atoms with Crippen molar-refractivity contribution in [3.8, 4) is 5.75 Å². The standard InChI is InChI=1S/C25H20IN3O4S/c1-2-16-6-9-19(10-7-16)27-25-28-24(30)23(34-25)14-17-8-11-22(21(26)13-17)33-15-18-4-3-5-20(12-18)29(31)32/h3-14H,2,15H2,1H3,(H,27,28,30)/b23-14-. The van der Waals surface area contributed by atoms with Gasteiger partial charge in [0.15, 0.2) is 5.17 Å². The smallest absolute Gasteiger partial charge is 0.269 e. The van der Waals surface area contributed by atoms with Gasteiger partial charge < -0.3 is 10.1 Å². The molecule has 1 aliphatic heterocycles. The summed E-state index contributed by atoms with van der Waals surface area (Å²) < 4.78 is 6.72. The van der Waals surface area contributed by atoms with Gasteiger partial charge in [-0.2, -0.15) is 0 Å². The molecule has 1 saturated heterocycles. The molecule has 4 rings (SSSR count). The van der Waals surface area contributed by atoms with Crippen molar-refractivity contribution in [3.05, 3.63) is 102 Å². The quantitative estimate of drug-likeness (QED) is 0.154. The Balaban J connectivity index is 1.43. The number of hydrogen-bond donors (Lipinski definition) is 1. The summed E-state index contributed by atoms with van der Waals surface area (Å²) in [6.45, 7) is 2.32. The minimum absolute atomic E-state index is 0.0333. The van der Waals surface area contributed by atoms with E-state index in [-0.39, 0.29) is 18.2 Å². The molecule has 1 fully saturated rings. The lowest BCUT2D eigenvalue weighted by atomic mass is 10.2. The highest BCUT2D eigenvalue weighted by atomic mass is 127. The van der Waals surface area contributed by atoms with E-state index in [9.17, 15) is 14.9 Å². The molecule has 0 aromatic heterocycles. The first-order chi connectivity index (χ1) is 16.4. The van der Waals surface area contributed by atoms with Gasteiger partial charge in [0.2, 0.25) is 0 Å². The number of hydrogen-bond acceptors (Lipinski definition) is 6. The van der Waals surface area contributed by atoms with Crippen molar-refractivity contribution in [3.63, 3.8) is 0 Å². The fraction of sp³-hybridized carbons (Fsp3) is 0.120. The Kier molecular flexibility index (Phi) is 7.63. The van der Waals surface area contributed by atoms with Crippen LogP contribution in [0.2, 0.25) is 0 Å². The van der Waals surface area contributed by atoms with Crippen LogP contribution in [0.15, 0.2) is 76.6 Å². The molecule has 0 spiro atoms. The maximum atomic E-state index is 12.4. The predicted molar refractivity (Wildman–Crippen MR) is 143 cm³/mol. The van der Waals surface area contributed by atoms with Crippen LogP contribution < -0.4 is 10.1 Å². The molecule has 1 heterocycles. The summed E-state index contributed by atoms with van der Waals surface area (Å²) in [5.74, 6) is 0.477. The number of carbonyl (C=O) groups is 1. The molecule has 1 amide bonds. The maximum absolute atomic E-state index is 12.4. The Bertz CT molecular complexity index is 1310. The highest BCUT2D eigenvalue weighted by Crippen LogP contribution is 2.30. The van der Waals surface area contributed by atoms with Gasteiger partial charge in [-0.15, -0.1) is 0 Å². The average Bonchev–Trinajstić information content (AvgIpc) is 3.17. The number of nitro benzene ring substituents is 1. The van der Waals surface area contributed by atoms with Gasteiger partial charge in [-0.3, -0.25) is 14.9 Å². The molecule has 172 valence electrons. The summed E-state index contributed by atoms with van der Waals surface area (Å²) in [7, 11) is 0. The van der Waals surface area contributed by atoms with E-state index < -0.39 is 4.92 Å². The minimum atomic E-state index is -0.426. The Morgan fingerprint density at radius 1 is 1.12 bits per heavy atom. The topological polar surface area (TPSA) is 93.8 Å². The number of benzene rings is 3. The number of non-ortho nitro benzene ring substituents is 1. The van der Waals surface area contributed by atoms with E-state index in [4.69, 9.17) is 4.74 Å². The molecule has 0 atom stereocenters. The number of amides is 1. The number of amidine groups is 1. The number of carbonyl (C=O) groups excluding carboxylic acids is 1. The van der Waals surface area contributed by atoms with Crippen molar-refractivity contribution in [2.45, 2.75) is 20.0 Å². The molecular formula is C25H20IN3O4S. The second-order valence-electron chi connectivity index (χ2n) is 7.41. The van der Waals surface area contributed by atoms with Gasteiger partial charge in [0.25, 0.3) is 11.6 Å². The van der Waals surface area contributed by atoms with Crippen molar-refractivity contribution < 1.29 is 14.5 Å². The van der Waals surface area contributed by atoms with Crippen molar-refractivity contribution >= 4 is 62.9 Å². The highest BCUT2D eigenvalue weighted by Gasteiger charge is 2.24. The third-order valence-corrected chi connectivity index (χ3v) is 6.75. The van der Waals surface area contributed by atoms with Crippen LogP contribution in [0.25, 0.3) is 6.08 Å². The Hall–Kier alpha value is -3.18. The van der Waals surface area contributed by atoms with Crippen LogP contribution in [0.4, 0.5) is 11.4 Å². The zero-order valence-electron chi connectivity index (χ0n) is 18.2. The first-order valence-electron chi connectivity index (χ1n) is 10.5. The number of nitrogens with zero attached hydrogens (tertiary/aromatic N) is 2. The van der Waals surface area contributed by atoms with E-state index in [1.807, 2.05) is 48.5 Å². The van der Waals surface area contributed by atoms with E-state index in [2.05, 4.69) is 39.8 Å². The first-order valence-corrected chi connectivity index (χ1v) is 12.3. The van der Waals surface area contributed by atoms with E-state index in [1.54, 1.807) is 12.1 Å². The third kappa shape index (κ3) is 6.03. The van der Waals surface area contributed by atoms with Crippen molar-refractivity contribution in [1.29, 1.82) is 0 Å². The van der Waals surface area contributed by atoms with Crippen LogP contribution in [-0.2, 0) is 17.8 Å². The molecular weight excluding hydrogens is 565 g/mol. The summed E-state index contributed by atoms with van der Waals surface area (Å²) in [6, 6.07) is 19.9. The van der Waals surface area contributed by atoms with Crippen LogP contribution in [0.5, 0.6) is 5.75 Å². The number of aliphatic imine (C=N–C) groups is 1. The number of ether oxygens (including phenoxy) is 1. The second kappa shape index (κ2) is 10.8. The summed E-state index contributed by atoms with van der Waals surface area (Å²) >= 11 is 3.47. The monoisotopic (exact) mass is 585 g/mol. The average molecular weight is 585 g/mol. The van der Waals surface area contributed by atoms with Crippen LogP contribution >= 0.6 is 34.4 Å². The Morgan fingerprint density at radius 2 is 1.91 bits per heavy atom. The lowest BCUT2D eigenvalue weighted by Gasteiger charge is -2.09. The van der Waals surface area contributed by atoms with Crippen molar-refractivity contribution in [1.82, 2.24) is 5.32 Å². The summed E-state index contributed by atoms with van der Waals surface area (Å²) in [5.41, 5.74) is 3.64. The van der Waals surface area contributed by atoms with Crippen molar-refractivity contribution in [2.75, 3.05) is 0 Å². The van der Waals surface area contributed by atoms with Gasteiger partial charge in [-0.1, -0.05) is 37.3 Å². The zero-order valence-corrected chi connectivity index (χ0v) is 21.1. The molecule has 7 nitrogen and oxygen atoms in total. The second-order valence-corrected chi connectivity index (χ2v) is 9.60. The Morgan fingerprint density at radius 3 is 2.62 bits per heavy atom. The van der Waals surface area contributed by atoms with E-state index >= 15 is 0 Å². The first kappa shape index (κ1) is 24.0. The van der Waals surface area contributed by atoms with Crippen LogP contribution in [-0.4, -0.2) is 16.0 Å². The van der Waals surface area contributed by atoms with Gasteiger partial charge in [0.05, 0.1) is 19.1 Å². The molecule has 9 heteroatoms. The number of rotatable bonds is 7. The maximum Gasteiger partial charge on any atom is 0.269 e. The minimum Gasteiger partial charge on any atom is -0.488 e. The molecule has 0 aliphatic carbocycles. The lowest BCUT2D eigenvalue weighted by molar-refractivity contribution is -0.384. The van der Waals surface area contributed by atoms with E-state index in [0.717, 1.165) is 21.2 Å². The fourth-order valence-electron chi connectivity index (χ4n) is 3.20. The molecule has 0 radical (unpaired) electrons. The zero-order chi connectivity index (χ0) is 24.1. The van der Waals surface area contributed by atoms with Gasteiger partial charge >= 0.3 is 0 Å². The number of halogens is 1. The number of thioether (sulfide) groups is 1. The predicted octanol–water partition coefficient (Wildman–Crippen LogP) is 6.23. The molecule has 1 aliphatic rings. The van der Waals surface area contributed by atoms with E-state index in [0.29, 0.717) is 21.4 Å². The Labute approximate surface area is 214 Å². The summed E-state index contributed by atoms with van der Waals surface area (Å²) in [5, 5.41) is 14.3. The molecule has 0 bridgehead atoms. The van der Waals surface area contributed by atoms with Crippen molar-refractivity contribution in [2.24, 2.45) is 4.99 Å². The van der Waals surface area contributed by atoms with Gasteiger partial charge in [0.1, 0.15) is 12.4 Å². The van der Waals surface area contributed by atoms with Gasteiger partial charge in [0, 0.05) is 12.1 Å². The molecule has 1 N–H and O–H groups in total. The van der Waals surface area contributed by atoms with Crippen LogP contribution in [0.1, 0.15) is 23.6 Å². The van der Waals surface area contributed by atoms with Crippen LogP contribution in [0.3, 0.4) is 0 Å². The largest absolute Gasteiger partial charge is 0.488 e. The molecule has 3 aromatic rings. The summed E-state index contributed by atoms with van der Waals surface area (Å²) in [4.78, 5) is 28.0. The van der Waals surface area contributed by atoms with Gasteiger partial charge in [-0.25, -0.2) is 4.99 Å². The van der Waals surface area contributed by atoms with Gasteiger partial charge in [-0.05, 0) is 87.8 Å². The normalized spacial score (nSPS) is 15.5. The number of nitro groups is 1.